The quantitative estimate of drug-likeness (QED) is 0.645. The molecule has 0 aliphatic carbocycles. The first-order valence-electron chi connectivity index (χ1n) is 10.3. The largest absolute Gasteiger partial charge is 0.493 e. The molecule has 3 rings (SSSR count). The van der Waals surface area contributed by atoms with Gasteiger partial charge < -0.3 is 19.9 Å². The summed E-state index contributed by atoms with van der Waals surface area (Å²) in [5, 5.41) is 4.73. The van der Waals surface area contributed by atoms with E-state index in [9.17, 15) is 0 Å². The van der Waals surface area contributed by atoms with E-state index in [0.717, 1.165) is 56.0 Å². The van der Waals surface area contributed by atoms with Gasteiger partial charge in [0.05, 0.1) is 12.1 Å². The molecular weight excluding hydrogens is 336 g/mol. The number of hydrogen-bond donors (Lipinski definition) is 1. The summed E-state index contributed by atoms with van der Waals surface area (Å²) in [4.78, 5) is 9.30. The van der Waals surface area contributed by atoms with Crippen LogP contribution in [-0.4, -0.2) is 68.2 Å². The van der Waals surface area contributed by atoms with Crippen LogP contribution in [0.15, 0.2) is 24.4 Å². The van der Waals surface area contributed by atoms with Gasteiger partial charge >= 0.3 is 0 Å². The minimum absolute atomic E-state index is 0.769. The van der Waals surface area contributed by atoms with E-state index in [0.29, 0.717) is 0 Å². The molecule has 1 aromatic heterocycles. The highest BCUT2D eigenvalue weighted by Crippen LogP contribution is 2.29. The van der Waals surface area contributed by atoms with Gasteiger partial charge in [0.1, 0.15) is 5.75 Å². The van der Waals surface area contributed by atoms with Gasteiger partial charge in [-0.2, -0.15) is 0 Å². The average Bonchev–Trinajstić information content (AvgIpc) is 3.16. The smallest absolute Gasteiger partial charge is 0.124 e. The molecule has 148 valence electrons. The van der Waals surface area contributed by atoms with Crippen LogP contribution in [0.5, 0.6) is 5.75 Å². The standard InChI is InChI=1S/C22H34N4O/c1-18-16-19-20(23-9-6-11-25(2)3)8-10-24-21(19)17-22(18)27-15-7-14-26-12-4-5-13-26/h8,10,16-17H,4-7,9,11-15H2,1-3H3,(H,23,24). The minimum atomic E-state index is 0.769. The number of ether oxygens (including phenoxy) is 1. The van der Waals surface area contributed by atoms with E-state index in [2.05, 4.69) is 59.3 Å². The van der Waals surface area contributed by atoms with Crippen molar-refractivity contribution in [3.63, 3.8) is 0 Å². The lowest BCUT2D eigenvalue weighted by atomic mass is 10.1. The molecule has 0 amide bonds. The lowest BCUT2D eigenvalue weighted by molar-refractivity contribution is 0.262. The number of pyridine rings is 1. The third-order valence-corrected chi connectivity index (χ3v) is 5.21. The highest BCUT2D eigenvalue weighted by atomic mass is 16.5. The fraction of sp³-hybridized carbons (Fsp3) is 0.591. The van der Waals surface area contributed by atoms with Gasteiger partial charge in [0.15, 0.2) is 0 Å². The highest BCUT2D eigenvalue weighted by Gasteiger charge is 2.11. The molecule has 1 aliphatic heterocycles. The van der Waals surface area contributed by atoms with Crippen LogP contribution in [0.1, 0.15) is 31.2 Å². The topological polar surface area (TPSA) is 40.6 Å². The van der Waals surface area contributed by atoms with Gasteiger partial charge in [0.2, 0.25) is 0 Å². The number of anilines is 1. The third kappa shape index (κ3) is 5.81. The van der Waals surface area contributed by atoms with Crippen LogP contribution in [0.3, 0.4) is 0 Å². The Labute approximate surface area is 163 Å². The predicted octanol–water partition coefficient (Wildman–Crippen LogP) is 3.77. The predicted molar refractivity (Wildman–Crippen MR) is 114 cm³/mol. The Morgan fingerprint density at radius 1 is 1.19 bits per heavy atom. The SMILES string of the molecule is Cc1cc2c(NCCCN(C)C)ccnc2cc1OCCCN1CCCC1. The van der Waals surface area contributed by atoms with E-state index in [1.54, 1.807) is 0 Å². The van der Waals surface area contributed by atoms with Crippen molar-refractivity contribution in [2.75, 3.05) is 58.7 Å². The number of hydrogen-bond acceptors (Lipinski definition) is 5. The summed E-state index contributed by atoms with van der Waals surface area (Å²) in [6.07, 6.45) is 6.78. The van der Waals surface area contributed by atoms with Crippen molar-refractivity contribution in [3.8, 4) is 5.75 Å². The molecule has 0 radical (unpaired) electrons. The first-order chi connectivity index (χ1) is 13.1. The zero-order valence-corrected chi connectivity index (χ0v) is 17.1. The first-order valence-corrected chi connectivity index (χ1v) is 10.3. The Kier molecular flexibility index (Phi) is 7.30. The molecule has 0 unspecified atom stereocenters. The van der Waals surface area contributed by atoms with Gasteiger partial charge in [-0.05, 0) is 84.0 Å². The Morgan fingerprint density at radius 2 is 2.00 bits per heavy atom. The van der Waals surface area contributed by atoms with Crippen molar-refractivity contribution in [1.29, 1.82) is 0 Å². The highest BCUT2D eigenvalue weighted by molar-refractivity contribution is 5.92. The van der Waals surface area contributed by atoms with Gasteiger partial charge in [-0.3, -0.25) is 4.98 Å². The summed E-state index contributed by atoms with van der Waals surface area (Å²) in [5.74, 6) is 0.959. The average molecular weight is 371 g/mol. The van der Waals surface area contributed by atoms with Crippen LogP contribution in [0, 0.1) is 6.92 Å². The number of rotatable bonds is 10. The van der Waals surface area contributed by atoms with Crippen LogP contribution in [0.2, 0.25) is 0 Å². The summed E-state index contributed by atoms with van der Waals surface area (Å²) >= 11 is 0. The Balaban J connectivity index is 1.58. The number of fused-ring (bicyclic) bond motifs is 1. The molecule has 2 aromatic rings. The fourth-order valence-electron chi connectivity index (χ4n) is 3.69. The van der Waals surface area contributed by atoms with Gasteiger partial charge in [-0.25, -0.2) is 0 Å². The van der Waals surface area contributed by atoms with E-state index < -0.39 is 0 Å². The Morgan fingerprint density at radius 3 is 2.78 bits per heavy atom. The summed E-state index contributed by atoms with van der Waals surface area (Å²) in [6.45, 7) is 8.59. The van der Waals surface area contributed by atoms with E-state index >= 15 is 0 Å². The van der Waals surface area contributed by atoms with Crippen molar-refractivity contribution in [3.05, 3.63) is 30.0 Å². The number of benzene rings is 1. The zero-order chi connectivity index (χ0) is 19.1. The van der Waals surface area contributed by atoms with E-state index in [1.165, 1.54) is 36.9 Å². The number of nitrogens with zero attached hydrogens (tertiary/aromatic N) is 3. The Bertz CT molecular complexity index is 726. The summed E-state index contributed by atoms with van der Waals surface area (Å²) in [5.41, 5.74) is 3.32. The van der Waals surface area contributed by atoms with Gasteiger partial charge in [0, 0.05) is 36.4 Å². The number of likely N-dealkylation sites (tertiary alicyclic amines) is 1. The maximum absolute atomic E-state index is 6.08. The van der Waals surface area contributed by atoms with Crippen molar-refractivity contribution >= 4 is 16.6 Å². The molecule has 2 heterocycles. The van der Waals surface area contributed by atoms with Crippen molar-refractivity contribution in [2.45, 2.75) is 32.6 Å². The van der Waals surface area contributed by atoms with E-state index in [-0.39, 0.29) is 0 Å². The molecule has 1 aromatic carbocycles. The van der Waals surface area contributed by atoms with Crippen LogP contribution in [0.25, 0.3) is 10.9 Å². The minimum Gasteiger partial charge on any atom is -0.493 e. The second-order valence-electron chi connectivity index (χ2n) is 7.83. The normalized spacial score (nSPS) is 15.0. The molecule has 5 heteroatoms. The van der Waals surface area contributed by atoms with Crippen molar-refractivity contribution in [1.82, 2.24) is 14.8 Å². The summed E-state index contributed by atoms with van der Waals surface area (Å²) < 4.78 is 6.08. The second kappa shape index (κ2) is 9.90. The lowest BCUT2D eigenvalue weighted by Crippen LogP contribution is -2.21. The van der Waals surface area contributed by atoms with Gasteiger partial charge in [0.25, 0.3) is 0 Å². The number of aromatic nitrogens is 1. The number of aryl methyl sites for hydroxylation is 1. The van der Waals surface area contributed by atoms with Gasteiger partial charge in [-0.15, -0.1) is 0 Å². The van der Waals surface area contributed by atoms with Crippen molar-refractivity contribution in [2.24, 2.45) is 0 Å². The molecule has 0 saturated carbocycles. The van der Waals surface area contributed by atoms with Crippen LogP contribution >= 0.6 is 0 Å². The van der Waals surface area contributed by atoms with Gasteiger partial charge in [-0.1, -0.05) is 0 Å². The molecule has 27 heavy (non-hydrogen) atoms. The zero-order valence-electron chi connectivity index (χ0n) is 17.1. The number of nitrogens with one attached hydrogen (secondary N) is 1. The monoisotopic (exact) mass is 370 g/mol. The lowest BCUT2D eigenvalue weighted by Gasteiger charge is -2.16. The molecule has 1 saturated heterocycles. The van der Waals surface area contributed by atoms with E-state index in [1.807, 2.05) is 6.20 Å². The summed E-state index contributed by atoms with van der Waals surface area (Å²) in [7, 11) is 4.22. The molecule has 1 aliphatic rings. The molecule has 0 bridgehead atoms. The Hall–Kier alpha value is -1.85. The molecule has 5 nitrogen and oxygen atoms in total. The maximum Gasteiger partial charge on any atom is 0.124 e. The third-order valence-electron chi connectivity index (χ3n) is 5.21. The molecule has 1 fully saturated rings. The first kappa shape index (κ1) is 19.9. The molecule has 1 N–H and O–H groups in total. The van der Waals surface area contributed by atoms with Crippen molar-refractivity contribution < 1.29 is 4.74 Å². The molecule has 0 atom stereocenters. The van der Waals surface area contributed by atoms with Crippen LogP contribution < -0.4 is 10.1 Å². The van der Waals surface area contributed by atoms with E-state index in [4.69, 9.17) is 4.74 Å². The molecule has 0 spiro atoms. The molecular formula is C22H34N4O. The second-order valence-corrected chi connectivity index (χ2v) is 7.83. The summed E-state index contributed by atoms with van der Waals surface area (Å²) in [6, 6.07) is 6.35. The van der Waals surface area contributed by atoms with Crippen LogP contribution in [0.4, 0.5) is 5.69 Å². The maximum atomic E-state index is 6.08. The fourth-order valence-corrected chi connectivity index (χ4v) is 3.69. The van der Waals surface area contributed by atoms with Crippen LogP contribution in [-0.2, 0) is 0 Å².